The van der Waals surface area contributed by atoms with Gasteiger partial charge in [-0.15, -0.1) is 0 Å². The maximum Gasteiger partial charge on any atom is 0.338 e. The van der Waals surface area contributed by atoms with Crippen molar-refractivity contribution in [3.05, 3.63) is 65.7 Å². The summed E-state index contributed by atoms with van der Waals surface area (Å²) in [6.07, 6.45) is 5.35. The Morgan fingerprint density at radius 2 is 1.51 bits per heavy atom. The number of ether oxygens (including phenoxy) is 3. The van der Waals surface area contributed by atoms with Crippen LogP contribution in [0.5, 0.6) is 17.2 Å². The molecule has 5 saturated carbocycles. The fraction of sp³-hybridized carbons (Fsp3) is 0.644. The number of carbonyl (C=O) groups is 2. The number of allylic oxidation sites excluding steroid dienone is 1. The van der Waals surface area contributed by atoms with Gasteiger partial charge in [-0.05, 0) is 146 Å². The van der Waals surface area contributed by atoms with Gasteiger partial charge in [-0.1, -0.05) is 53.7 Å². The zero-order valence-electron chi connectivity index (χ0n) is 32.9. The van der Waals surface area contributed by atoms with Crippen molar-refractivity contribution in [1.29, 1.82) is 0 Å². The Bertz CT molecular complexity index is 1780. The minimum absolute atomic E-state index is 0.0443. The predicted octanol–water partition coefficient (Wildman–Crippen LogP) is 9.12. The number of hydrogen-bond acceptors (Lipinski definition) is 8. The van der Waals surface area contributed by atoms with Gasteiger partial charge >= 0.3 is 11.9 Å². The molecule has 8 heteroatoms. The molecule has 5 aliphatic carbocycles. The van der Waals surface area contributed by atoms with Gasteiger partial charge in [0.2, 0.25) is 0 Å². The number of aliphatic hydroxyl groups is 1. The number of fused-ring (bicyclic) bond motifs is 7. The van der Waals surface area contributed by atoms with E-state index in [4.69, 9.17) is 14.2 Å². The lowest BCUT2D eigenvalue weighted by Crippen LogP contribution is -2.73. The smallest absolute Gasteiger partial charge is 0.338 e. The van der Waals surface area contributed by atoms with Crippen LogP contribution in [0.3, 0.4) is 0 Å². The summed E-state index contributed by atoms with van der Waals surface area (Å²) in [5.41, 5.74) is 0.278. The van der Waals surface area contributed by atoms with Gasteiger partial charge in [-0.25, -0.2) is 9.59 Å². The highest BCUT2D eigenvalue weighted by molar-refractivity contribution is 5.90. The van der Waals surface area contributed by atoms with E-state index >= 15 is 0 Å². The maximum absolute atomic E-state index is 14.3. The van der Waals surface area contributed by atoms with Crippen molar-refractivity contribution in [2.75, 3.05) is 7.11 Å². The second-order valence-corrected chi connectivity index (χ2v) is 19.1. The molecule has 6 unspecified atom stereocenters. The van der Waals surface area contributed by atoms with Gasteiger partial charge in [-0.3, -0.25) is 0 Å². The summed E-state index contributed by atoms with van der Waals surface area (Å²) >= 11 is 0. The Morgan fingerprint density at radius 1 is 0.849 bits per heavy atom. The highest BCUT2D eigenvalue weighted by Gasteiger charge is 2.76. The van der Waals surface area contributed by atoms with Crippen LogP contribution in [0.4, 0.5) is 0 Å². The van der Waals surface area contributed by atoms with Crippen LogP contribution in [0.2, 0.25) is 0 Å². The number of phenols is 2. The summed E-state index contributed by atoms with van der Waals surface area (Å²) in [6.45, 7) is 20.6. The van der Waals surface area contributed by atoms with Crippen LogP contribution in [0.1, 0.15) is 121 Å². The lowest BCUT2D eigenvalue weighted by molar-refractivity contribution is -0.298. The van der Waals surface area contributed by atoms with Crippen molar-refractivity contribution in [2.45, 2.75) is 118 Å². The van der Waals surface area contributed by atoms with Crippen molar-refractivity contribution in [2.24, 2.45) is 56.7 Å². The van der Waals surface area contributed by atoms with E-state index in [2.05, 4.69) is 55.0 Å². The Balaban J connectivity index is 1.39. The van der Waals surface area contributed by atoms with Crippen LogP contribution < -0.4 is 4.74 Å². The van der Waals surface area contributed by atoms with Gasteiger partial charge in [0.05, 0.1) is 24.3 Å². The number of rotatable bonds is 6. The summed E-state index contributed by atoms with van der Waals surface area (Å²) in [4.78, 5) is 28.4. The number of methoxy groups -OCH3 is 1. The number of benzene rings is 2. The molecule has 0 spiro atoms. The average Bonchev–Trinajstić information content (AvgIpc) is 3.45. The molecule has 0 heterocycles. The van der Waals surface area contributed by atoms with E-state index in [1.54, 1.807) is 24.3 Å². The molecular weight excluding hydrogens is 668 g/mol. The molecule has 8 nitrogen and oxygen atoms in total. The number of aromatic hydroxyl groups is 2. The van der Waals surface area contributed by atoms with Crippen LogP contribution in [0.15, 0.2) is 54.6 Å². The molecule has 0 aliphatic heterocycles. The molecule has 0 saturated heterocycles. The molecule has 12 atom stereocenters. The van der Waals surface area contributed by atoms with E-state index < -0.39 is 35.1 Å². The van der Waals surface area contributed by atoms with E-state index in [0.717, 1.165) is 38.5 Å². The maximum atomic E-state index is 14.3. The molecule has 2 aromatic rings. The van der Waals surface area contributed by atoms with Gasteiger partial charge in [0, 0.05) is 11.3 Å². The minimum atomic E-state index is -0.481. The van der Waals surface area contributed by atoms with Gasteiger partial charge in [0.15, 0.2) is 11.5 Å². The van der Waals surface area contributed by atoms with E-state index in [0.29, 0.717) is 29.9 Å². The molecule has 53 heavy (non-hydrogen) atoms. The van der Waals surface area contributed by atoms with E-state index in [1.165, 1.54) is 30.9 Å². The molecule has 0 aromatic heterocycles. The fourth-order valence-electron chi connectivity index (χ4n) is 13.7. The van der Waals surface area contributed by atoms with Crippen LogP contribution >= 0.6 is 0 Å². The molecule has 7 rings (SSSR count). The third-order valence-corrected chi connectivity index (χ3v) is 16.4. The summed E-state index contributed by atoms with van der Waals surface area (Å²) < 4.78 is 19.0. The second kappa shape index (κ2) is 12.8. The van der Waals surface area contributed by atoms with Crippen molar-refractivity contribution in [3.63, 3.8) is 0 Å². The minimum Gasteiger partial charge on any atom is -0.508 e. The third-order valence-electron chi connectivity index (χ3n) is 16.4. The second-order valence-electron chi connectivity index (χ2n) is 19.1. The number of aliphatic hydroxyl groups excluding tert-OH is 1. The van der Waals surface area contributed by atoms with Crippen LogP contribution in [0, 0.1) is 56.7 Å². The molecule has 3 N–H and O–H groups in total. The lowest BCUT2D eigenvalue weighted by Gasteiger charge is -2.74. The molecule has 2 aromatic carbocycles. The molecular formula is C45H60O8. The Kier molecular flexibility index (Phi) is 9.11. The van der Waals surface area contributed by atoms with E-state index in [1.807, 2.05) is 0 Å². The number of carbonyl (C=O) groups excluding carboxylic acids is 2. The predicted molar refractivity (Wildman–Crippen MR) is 203 cm³/mol. The Hall–Kier alpha value is -3.52. The number of esters is 2. The topological polar surface area (TPSA) is 123 Å². The highest BCUT2D eigenvalue weighted by atomic mass is 16.6. The molecule has 0 amide bonds. The summed E-state index contributed by atoms with van der Waals surface area (Å²) in [7, 11) is 1.46. The van der Waals surface area contributed by atoms with E-state index in [9.17, 15) is 24.9 Å². The van der Waals surface area contributed by atoms with Gasteiger partial charge in [0.1, 0.15) is 18.0 Å². The van der Waals surface area contributed by atoms with Crippen molar-refractivity contribution in [1.82, 2.24) is 0 Å². The highest BCUT2D eigenvalue weighted by Crippen LogP contribution is 2.78. The third kappa shape index (κ3) is 5.54. The quantitative estimate of drug-likeness (QED) is 0.199. The van der Waals surface area contributed by atoms with Gasteiger partial charge in [0.25, 0.3) is 0 Å². The van der Waals surface area contributed by atoms with Crippen molar-refractivity contribution in [3.8, 4) is 17.2 Å². The first-order valence-corrected chi connectivity index (χ1v) is 19.7. The number of hydrogen-bond donors (Lipinski definition) is 3. The fourth-order valence-corrected chi connectivity index (χ4v) is 13.7. The van der Waals surface area contributed by atoms with Gasteiger partial charge < -0.3 is 29.5 Å². The van der Waals surface area contributed by atoms with Crippen LogP contribution in [-0.4, -0.2) is 52.7 Å². The standard InChI is InChI=1S/C45H60O8/c1-25(2)29-16-19-42(5)24-36(53-39(49)26-10-13-28(46)14-11-26)45(8)30(37(29)42)23-33(52-40(50)27-12-15-31(47)32(22-27)51-9)38-43(6)20-18-35(48)41(3,4)34(43)17-21-44(38,45)7/h10-15,22,29-30,33-38,46-48H,1,16-21,23-24H2,2-9H3/t29?,30?,33?,34?,35-,36+,37?,38?,42+,43-,44+,45-/m0/s1. The Morgan fingerprint density at radius 3 is 2.17 bits per heavy atom. The SMILES string of the molecule is C=C(C)C1CC[C@]2(C)C[C@@H](OC(=O)c3ccc(O)cc3)[C@]3(C)C(CC(OC(=O)c4ccc(O)c(OC)c4)C4[C@@]5(C)CC[C@H](O)C(C)(C)C5CC[C@]43C)C12. The van der Waals surface area contributed by atoms with Crippen molar-refractivity contribution >= 4 is 11.9 Å². The molecule has 5 fully saturated rings. The first-order valence-electron chi connectivity index (χ1n) is 19.7. The molecule has 288 valence electrons. The van der Waals surface area contributed by atoms with Crippen LogP contribution in [0.25, 0.3) is 0 Å². The first kappa shape index (κ1) is 37.8. The van der Waals surface area contributed by atoms with Crippen molar-refractivity contribution < 1.29 is 39.1 Å². The Labute approximate surface area is 315 Å². The first-order chi connectivity index (χ1) is 24.8. The normalized spacial score (nSPS) is 41.2. The summed E-state index contributed by atoms with van der Waals surface area (Å²) in [6, 6.07) is 10.9. The monoisotopic (exact) mass is 728 g/mol. The van der Waals surface area contributed by atoms with Gasteiger partial charge in [-0.2, -0.15) is 0 Å². The molecule has 0 bridgehead atoms. The number of phenolic OH excluding ortho intramolecular Hbond substituents is 2. The zero-order chi connectivity index (χ0) is 38.5. The largest absolute Gasteiger partial charge is 0.508 e. The van der Waals surface area contributed by atoms with E-state index in [-0.39, 0.29) is 63.1 Å². The average molecular weight is 729 g/mol. The zero-order valence-corrected chi connectivity index (χ0v) is 32.9. The summed E-state index contributed by atoms with van der Waals surface area (Å²) in [5, 5.41) is 31.7. The van der Waals surface area contributed by atoms with Crippen LogP contribution in [-0.2, 0) is 9.47 Å². The molecule has 5 aliphatic rings. The lowest BCUT2D eigenvalue weighted by atomic mass is 9.31. The summed E-state index contributed by atoms with van der Waals surface area (Å²) in [5.74, 6) is 0.143. The molecule has 0 radical (unpaired) electrons.